The molecule has 0 N–H and O–H groups in total. The monoisotopic (exact) mass is 281 g/mol. The summed E-state index contributed by atoms with van der Waals surface area (Å²) in [4.78, 5) is 6.75. The Morgan fingerprint density at radius 2 is 2.10 bits per heavy atom. The lowest BCUT2D eigenvalue weighted by atomic mass is 10.1. The Balaban J connectivity index is 2.06. The minimum atomic E-state index is -0.184. The predicted octanol–water partition coefficient (Wildman–Crippen LogP) is 3.15. The highest BCUT2D eigenvalue weighted by atomic mass is 19.1. The van der Waals surface area contributed by atoms with Crippen LogP contribution < -0.4 is 0 Å². The van der Waals surface area contributed by atoms with Crippen LogP contribution in [0.4, 0.5) is 4.39 Å². The first-order chi connectivity index (χ1) is 10.2. The number of halogens is 1. The van der Waals surface area contributed by atoms with Gasteiger partial charge in [-0.2, -0.15) is 0 Å². The van der Waals surface area contributed by atoms with Gasteiger partial charge in [0.25, 0.3) is 0 Å². The summed E-state index contributed by atoms with van der Waals surface area (Å²) < 4.78 is 15.9. The number of hydrogen-bond acceptors (Lipinski definition) is 2. The summed E-state index contributed by atoms with van der Waals surface area (Å²) in [6, 6.07) is 10.9. The van der Waals surface area contributed by atoms with Crippen molar-refractivity contribution in [3.05, 3.63) is 59.7 Å². The Morgan fingerprint density at radius 1 is 1.19 bits per heavy atom. The normalized spacial score (nSPS) is 15.3. The van der Waals surface area contributed by atoms with Gasteiger partial charge in [0, 0.05) is 36.8 Å². The molecule has 4 rings (SSSR count). The number of rotatable bonds is 1. The molecular formula is C17H16FN3. The van der Waals surface area contributed by atoms with Crippen molar-refractivity contribution in [1.82, 2.24) is 14.5 Å². The second kappa shape index (κ2) is 4.67. The Labute approximate surface area is 122 Å². The lowest BCUT2D eigenvalue weighted by molar-refractivity contribution is 0.311. The maximum absolute atomic E-state index is 13.7. The van der Waals surface area contributed by atoms with E-state index in [4.69, 9.17) is 0 Å². The van der Waals surface area contributed by atoms with E-state index >= 15 is 0 Å². The van der Waals surface area contributed by atoms with Crippen LogP contribution in [0.15, 0.2) is 42.6 Å². The van der Waals surface area contributed by atoms with Gasteiger partial charge in [-0.25, -0.2) is 9.37 Å². The van der Waals surface area contributed by atoms with Gasteiger partial charge < -0.3 is 4.90 Å². The molecule has 4 heteroatoms. The summed E-state index contributed by atoms with van der Waals surface area (Å²) in [6.07, 6.45) is 2.75. The molecule has 0 atom stereocenters. The lowest BCUT2D eigenvalue weighted by Gasteiger charge is -2.24. The van der Waals surface area contributed by atoms with Gasteiger partial charge in [-0.1, -0.05) is 6.07 Å². The summed E-state index contributed by atoms with van der Waals surface area (Å²) in [5.74, 6) is 0.719. The Kier molecular flexibility index (Phi) is 2.79. The fourth-order valence-electron chi connectivity index (χ4n) is 3.21. The van der Waals surface area contributed by atoms with E-state index in [1.807, 2.05) is 24.3 Å². The maximum Gasteiger partial charge on any atom is 0.137 e. The van der Waals surface area contributed by atoms with E-state index < -0.39 is 0 Å². The van der Waals surface area contributed by atoms with Crippen LogP contribution >= 0.6 is 0 Å². The van der Waals surface area contributed by atoms with E-state index in [1.54, 1.807) is 12.3 Å². The topological polar surface area (TPSA) is 21.1 Å². The standard InChI is InChI=1S/C17H16FN3/c1-20-9-7-16-14(11-20)13-10-12(18)5-6-15(13)21(16)17-4-2-3-8-19-17/h2-6,8,10H,7,9,11H2,1H3. The molecule has 0 fully saturated rings. The first-order valence-electron chi connectivity index (χ1n) is 7.16. The molecule has 1 aliphatic rings. The van der Waals surface area contributed by atoms with E-state index in [0.717, 1.165) is 36.2 Å². The van der Waals surface area contributed by atoms with Crippen LogP contribution in [0.5, 0.6) is 0 Å². The first-order valence-corrected chi connectivity index (χ1v) is 7.16. The lowest BCUT2D eigenvalue weighted by Crippen LogP contribution is -2.27. The van der Waals surface area contributed by atoms with Crippen molar-refractivity contribution in [2.45, 2.75) is 13.0 Å². The molecule has 0 bridgehead atoms. The van der Waals surface area contributed by atoms with E-state index in [0.29, 0.717) is 0 Å². The number of aromatic nitrogens is 2. The van der Waals surface area contributed by atoms with Crippen molar-refractivity contribution < 1.29 is 4.39 Å². The predicted molar refractivity (Wildman–Crippen MR) is 81.1 cm³/mol. The summed E-state index contributed by atoms with van der Waals surface area (Å²) in [5.41, 5.74) is 3.52. The zero-order chi connectivity index (χ0) is 14.4. The Bertz CT molecular complexity index is 808. The number of hydrogen-bond donors (Lipinski definition) is 0. The van der Waals surface area contributed by atoms with E-state index in [9.17, 15) is 4.39 Å². The van der Waals surface area contributed by atoms with Crippen molar-refractivity contribution in [3.8, 4) is 5.82 Å². The molecule has 3 aromatic rings. The highest BCUT2D eigenvalue weighted by molar-refractivity contribution is 5.87. The minimum absolute atomic E-state index is 0.184. The van der Waals surface area contributed by atoms with Crippen LogP contribution in [-0.2, 0) is 13.0 Å². The van der Waals surface area contributed by atoms with Crippen molar-refractivity contribution in [3.63, 3.8) is 0 Å². The highest BCUT2D eigenvalue weighted by Gasteiger charge is 2.23. The van der Waals surface area contributed by atoms with Gasteiger partial charge in [0.1, 0.15) is 11.6 Å². The SMILES string of the molecule is CN1CCc2c(c3cc(F)ccc3n2-c2ccccn2)C1. The van der Waals surface area contributed by atoms with Gasteiger partial charge in [-0.3, -0.25) is 4.57 Å². The van der Waals surface area contributed by atoms with Crippen LogP contribution in [-0.4, -0.2) is 28.0 Å². The third kappa shape index (κ3) is 1.94. The van der Waals surface area contributed by atoms with Gasteiger partial charge in [0.15, 0.2) is 0 Å². The molecule has 0 aliphatic carbocycles. The number of fused-ring (bicyclic) bond motifs is 3. The van der Waals surface area contributed by atoms with Crippen molar-refractivity contribution >= 4 is 10.9 Å². The Hall–Kier alpha value is -2.20. The zero-order valence-electron chi connectivity index (χ0n) is 11.9. The summed E-state index contributed by atoms with van der Waals surface area (Å²) >= 11 is 0. The number of nitrogens with zero attached hydrogens (tertiary/aromatic N) is 3. The second-order valence-corrected chi connectivity index (χ2v) is 5.60. The zero-order valence-corrected chi connectivity index (χ0v) is 11.9. The molecule has 0 saturated carbocycles. The number of pyridine rings is 1. The van der Waals surface area contributed by atoms with E-state index in [2.05, 4.69) is 21.5 Å². The molecule has 3 nitrogen and oxygen atoms in total. The van der Waals surface area contributed by atoms with Crippen LogP contribution in [0.1, 0.15) is 11.3 Å². The summed E-state index contributed by atoms with van der Waals surface area (Å²) in [7, 11) is 2.10. The molecule has 0 radical (unpaired) electrons. The molecular weight excluding hydrogens is 265 g/mol. The fraction of sp³-hybridized carbons (Fsp3) is 0.235. The molecule has 0 saturated heterocycles. The largest absolute Gasteiger partial charge is 0.302 e. The summed E-state index contributed by atoms with van der Waals surface area (Å²) in [6.45, 7) is 1.87. The van der Waals surface area contributed by atoms with Crippen LogP contribution in [0.3, 0.4) is 0 Å². The van der Waals surface area contributed by atoms with Crippen molar-refractivity contribution in [2.24, 2.45) is 0 Å². The Morgan fingerprint density at radius 3 is 2.90 bits per heavy atom. The van der Waals surface area contributed by atoms with Gasteiger partial charge in [-0.05, 0) is 42.9 Å². The molecule has 1 aliphatic heterocycles. The molecule has 0 unspecified atom stereocenters. The smallest absolute Gasteiger partial charge is 0.137 e. The third-order valence-corrected chi connectivity index (χ3v) is 4.18. The average molecular weight is 281 g/mol. The first kappa shape index (κ1) is 12.5. The minimum Gasteiger partial charge on any atom is -0.302 e. The van der Waals surface area contributed by atoms with Gasteiger partial charge in [0.2, 0.25) is 0 Å². The van der Waals surface area contributed by atoms with Gasteiger partial charge in [0.05, 0.1) is 5.52 Å². The quantitative estimate of drug-likeness (QED) is 0.683. The van der Waals surface area contributed by atoms with Crippen LogP contribution in [0, 0.1) is 5.82 Å². The van der Waals surface area contributed by atoms with Gasteiger partial charge in [-0.15, -0.1) is 0 Å². The third-order valence-electron chi connectivity index (χ3n) is 4.18. The highest BCUT2D eigenvalue weighted by Crippen LogP contribution is 2.32. The van der Waals surface area contributed by atoms with Crippen molar-refractivity contribution in [1.29, 1.82) is 0 Å². The molecule has 1 aromatic carbocycles. The maximum atomic E-state index is 13.7. The average Bonchev–Trinajstić information content (AvgIpc) is 2.81. The fourth-order valence-corrected chi connectivity index (χ4v) is 3.21. The van der Waals surface area contributed by atoms with E-state index in [1.165, 1.54) is 17.3 Å². The molecule has 3 heterocycles. The van der Waals surface area contributed by atoms with Crippen LogP contribution in [0.2, 0.25) is 0 Å². The van der Waals surface area contributed by atoms with Gasteiger partial charge >= 0.3 is 0 Å². The number of likely N-dealkylation sites (N-methyl/N-ethyl adjacent to an activating group) is 1. The van der Waals surface area contributed by atoms with E-state index in [-0.39, 0.29) is 5.82 Å². The molecule has 106 valence electrons. The van der Waals surface area contributed by atoms with Crippen molar-refractivity contribution in [2.75, 3.05) is 13.6 Å². The molecule has 21 heavy (non-hydrogen) atoms. The number of benzene rings is 1. The van der Waals surface area contributed by atoms with Crippen LogP contribution in [0.25, 0.3) is 16.7 Å². The summed E-state index contributed by atoms with van der Waals surface area (Å²) in [5, 5.41) is 1.00. The molecule has 0 spiro atoms. The molecule has 2 aromatic heterocycles. The molecule has 0 amide bonds. The second-order valence-electron chi connectivity index (χ2n) is 5.60.